The first kappa shape index (κ1) is 16.8. The first-order chi connectivity index (χ1) is 9.88. The van der Waals surface area contributed by atoms with Crippen LogP contribution >= 0.6 is 0 Å². The Morgan fingerprint density at radius 1 is 1.38 bits per heavy atom. The van der Waals surface area contributed by atoms with Crippen molar-refractivity contribution in [2.75, 3.05) is 12.4 Å². The number of rotatable bonds is 6. The Kier molecular flexibility index (Phi) is 6.02. The summed E-state index contributed by atoms with van der Waals surface area (Å²) >= 11 is 0. The molecule has 0 unspecified atom stereocenters. The smallest absolute Gasteiger partial charge is 0.319 e. The van der Waals surface area contributed by atoms with Crippen LogP contribution in [0.3, 0.4) is 0 Å². The molecule has 0 saturated carbocycles. The number of carbonyl (C=O) groups excluding carboxylic acids is 2. The molecule has 1 rings (SSSR count). The number of anilines is 1. The molecule has 4 N–H and O–H groups in total. The molecule has 0 spiro atoms. The fourth-order valence-electron chi connectivity index (χ4n) is 1.89. The monoisotopic (exact) mass is 293 g/mol. The Balaban J connectivity index is 2.79. The van der Waals surface area contributed by atoms with E-state index in [-0.39, 0.29) is 5.92 Å². The molecule has 0 aliphatic rings. The Morgan fingerprint density at radius 2 is 2.05 bits per heavy atom. The van der Waals surface area contributed by atoms with Crippen LogP contribution in [0.25, 0.3) is 0 Å². The van der Waals surface area contributed by atoms with E-state index in [2.05, 4.69) is 10.6 Å². The van der Waals surface area contributed by atoms with E-state index in [1.165, 1.54) is 0 Å². The average molecular weight is 293 g/mol. The van der Waals surface area contributed by atoms with Crippen LogP contribution < -0.4 is 21.1 Å². The predicted octanol–water partition coefficient (Wildman–Crippen LogP) is 2.03. The summed E-state index contributed by atoms with van der Waals surface area (Å²) in [6.45, 7) is 5.67. The first-order valence-electron chi connectivity index (χ1n) is 6.90. The minimum atomic E-state index is -0.694. The van der Waals surface area contributed by atoms with Gasteiger partial charge in [0.15, 0.2) is 0 Å². The Hall–Kier alpha value is -2.24. The van der Waals surface area contributed by atoms with E-state index in [0.717, 1.165) is 12.0 Å². The van der Waals surface area contributed by atoms with Gasteiger partial charge in [0, 0.05) is 11.8 Å². The Morgan fingerprint density at radius 3 is 2.57 bits per heavy atom. The van der Waals surface area contributed by atoms with Crippen molar-refractivity contribution in [2.24, 2.45) is 11.7 Å². The van der Waals surface area contributed by atoms with Crippen molar-refractivity contribution in [3.8, 4) is 5.75 Å². The summed E-state index contributed by atoms with van der Waals surface area (Å²) in [7, 11) is 1.56. The van der Waals surface area contributed by atoms with Crippen LogP contribution in [-0.2, 0) is 4.79 Å². The lowest BCUT2D eigenvalue weighted by molar-refractivity contribution is -0.120. The molecule has 3 amide bonds. The van der Waals surface area contributed by atoms with Crippen molar-refractivity contribution in [3.05, 3.63) is 23.8 Å². The first-order valence-corrected chi connectivity index (χ1v) is 6.90. The van der Waals surface area contributed by atoms with E-state index in [0.29, 0.717) is 11.4 Å². The molecule has 6 nitrogen and oxygen atoms in total. The molecule has 0 heterocycles. The highest BCUT2D eigenvalue weighted by Crippen LogP contribution is 2.21. The van der Waals surface area contributed by atoms with Gasteiger partial charge in [-0.25, -0.2) is 4.79 Å². The lowest BCUT2D eigenvalue weighted by atomic mass is 9.99. The van der Waals surface area contributed by atoms with Crippen molar-refractivity contribution < 1.29 is 14.3 Å². The molecule has 0 aliphatic carbocycles. The molecule has 1 aromatic carbocycles. The minimum Gasteiger partial charge on any atom is -0.497 e. The van der Waals surface area contributed by atoms with Gasteiger partial charge in [0.05, 0.1) is 7.11 Å². The number of hydrogen-bond acceptors (Lipinski definition) is 3. The fourth-order valence-corrected chi connectivity index (χ4v) is 1.89. The summed E-state index contributed by atoms with van der Waals surface area (Å²) in [5.41, 5.74) is 6.85. The summed E-state index contributed by atoms with van der Waals surface area (Å²) in [5, 5.41) is 5.33. The van der Waals surface area contributed by atoms with E-state index in [9.17, 15) is 9.59 Å². The summed E-state index contributed by atoms with van der Waals surface area (Å²) in [5.74, 6) is 0.0748. The zero-order valence-electron chi connectivity index (χ0n) is 12.9. The molecule has 116 valence electrons. The third kappa shape index (κ3) is 4.66. The SMILES string of the molecule is CC[C@H](C)[C@H](NC(=O)Nc1cc(OC)ccc1C)C(N)=O. The van der Waals surface area contributed by atoms with Gasteiger partial charge in [-0.1, -0.05) is 26.3 Å². The maximum absolute atomic E-state index is 12.0. The predicted molar refractivity (Wildman–Crippen MR) is 82.3 cm³/mol. The second kappa shape index (κ2) is 7.52. The molecule has 2 atom stereocenters. The van der Waals surface area contributed by atoms with Crippen molar-refractivity contribution in [1.29, 1.82) is 0 Å². The number of ether oxygens (including phenoxy) is 1. The normalized spacial score (nSPS) is 13.1. The highest BCUT2D eigenvalue weighted by atomic mass is 16.5. The number of urea groups is 1. The molecular formula is C15H23N3O3. The van der Waals surface area contributed by atoms with Crippen molar-refractivity contribution >= 4 is 17.6 Å². The van der Waals surface area contributed by atoms with Crippen molar-refractivity contribution in [2.45, 2.75) is 33.2 Å². The molecule has 0 aliphatic heterocycles. The molecule has 0 aromatic heterocycles. The van der Waals surface area contributed by atoms with Gasteiger partial charge in [-0.15, -0.1) is 0 Å². The number of hydrogen-bond donors (Lipinski definition) is 3. The molecule has 21 heavy (non-hydrogen) atoms. The van der Waals surface area contributed by atoms with Crippen LogP contribution in [0, 0.1) is 12.8 Å². The summed E-state index contributed by atoms with van der Waals surface area (Å²) < 4.78 is 5.12. The van der Waals surface area contributed by atoms with Crippen LogP contribution in [-0.4, -0.2) is 25.1 Å². The highest BCUT2D eigenvalue weighted by Gasteiger charge is 2.23. The van der Waals surface area contributed by atoms with Gasteiger partial charge >= 0.3 is 6.03 Å². The number of amides is 3. The largest absolute Gasteiger partial charge is 0.497 e. The number of nitrogens with one attached hydrogen (secondary N) is 2. The van der Waals surface area contributed by atoms with E-state index in [1.54, 1.807) is 13.2 Å². The summed E-state index contributed by atoms with van der Waals surface area (Å²) in [6.07, 6.45) is 0.742. The summed E-state index contributed by atoms with van der Waals surface area (Å²) in [6, 6.07) is 4.21. The summed E-state index contributed by atoms with van der Waals surface area (Å²) in [4.78, 5) is 23.4. The number of methoxy groups -OCH3 is 1. The Bertz CT molecular complexity index is 517. The van der Waals surface area contributed by atoms with Gasteiger partial charge in [0.2, 0.25) is 5.91 Å². The Labute approximate surface area is 125 Å². The average Bonchev–Trinajstić information content (AvgIpc) is 2.46. The zero-order valence-corrected chi connectivity index (χ0v) is 12.9. The van der Waals surface area contributed by atoms with Gasteiger partial charge in [0.25, 0.3) is 0 Å². The van der Waals surface area contributed by atoms with Gasteiger partial charge in [-0.3, -0.25) is 4.79 Å². The molecule has 0 radical (unpaired) electrons. The van der Waals surface area contributed by atoms with Crippen LogP contribution in [0.1, 0.15) is 25.8 Å². The van der Waals surface area contributed by atoms with E-state index in [1.807, 2.05) is 32.9 Å². The molecule has 0 bridgehead atoms. The number of carbonyl (C=O) groups is 2. The lowest BCUT2D eigenvalue weighted by Crippen LogP contribution is -2.49. The van der Waals surface area contributed by atoms with Gasteiger partial charge in [-0.05, 0) is 24.5 Å². The quantitative estimate of drug-likeness (QED) is 0.749. The van der Waals surface area contributed by atoms with Crippen LogP contribution in [0.15, 0.2) is 18.2 Å². The molecular weight excluding hydrogens is 270 g/mol. The molecule has 0 fully saturated rings. The van der Waals surface area contributed by atoms with Gasteiger partial charge in [-0.2, -0.15) is 0 Å². The number of aryl methyl sites for hydroxylation is 1. The van der Waals surface area contributed by atoms with E-state index in [4.69, 9.17) is 10.5 Å². The van der Waals surface area contributed by atoms with Gasteiger partial charge < -0.3 is 21.1 Å². The van der Waals surface area contributed by atoms with E-state index >= 15 is 0 Å². The second-order valence-electron chi connectivity index (χ2n) is 5.04. The lowest BCUT2D eigenvalue weighted by Gasteiger charge is -2.21. The molecule has 0 saturated heterocycles. The van der Waals surface area contributed by atoms with Gasteiger partial charge in [0.1, 0.15) is 11.8 Å². The third-order valence-corrected chi connectivity index (χ3v) is 3.50. The van der Waals surface area contributed by atoms with Crippen LogP contribution in [0.4, 0.5) is 10.5 Å². The maximum Gasteiger partial charge on any atom is 0.319 e. The maximum atomic E-state index is 12.0. The molecule has 1 aromatic rings. The van der Waals surface area contributed by atoms with E-state index < -0.39 is 18.0 Å². The fraction of sp³-hybridized carbons (Fsp3) is 0.467. The van der Waals surface area contributed by atoms with Crippen LogP contribution in [0.5, 0.6) is 5.75 Å². The second-order valence-corrected chi connectivity index (χ2v) is 5.04. The topological polar surface area (TPSA) is 93.4 Å². The number of nitrogens with two attached hydrogens (primary N) is 1. The number of benzene rings is 1. The standard InChI is InChI=1S/C15H23N3O3/c1-5-9(2)13(14(16)19)18-15(20)17-12-8-11(21-4)7-6-10(12)3/h6-9,13H,5H2,1-4H3,(H2,16,19)(H2,17,18,20)/t9-,13-/m0/s1. The molecule has 6 heteroatoms. The zero-order chi connectivity index (χ0) is 16.0. The van der Waals surface area contributed by atoms with Crippen molar-refractivity contribution in [1.82, 2.24) is 5.32 Å². The third-order valence-electron chi connectivity index (χ3n) is 3.50. The minimum absolute atomic E-state index is 0.0281. The van der Waals surface area contributed by atoms with Crippen LogP contribution in [0.2, 0.25) is 0 Å². The number of primary amides is 1. The van der Waals surface area contributed by atoms with Crippen molar-refractivity contribution in [3.63, 3.8) is 0 Å². The highest BCUT2D eigenvalue weighted by molar-refractivity contribution is 5.94.